The summed E-state index contributed by atoms with van der Waals surface area (Å²) in [5, 5.41) is 16.9. The highest BCUT2D eigenvalue weighted by Crippen LogP contribution is 2.07. The van der Waals surface area contributed by atoms with Crippen LogP contribution in [-0.4, -0.2) is 39.1 Å². The van der Waals surface area contributed by atoms with Gasteiger partial charge in [0.25, 0.3) is 0 Å². The van der Waals surface area contributed by atoms with Gasteiger partial charge < -0.3 is 10.4 Å². The second-order valence-electron chi connectivity index (χ2n) is 3.88. The standard InChI is InChI=1S/C10H20N4O/c1-4-11-6-9(15)5-10-12-7-13-14(10)8(2)3/h7-9,11,15H,4-6H2,1-3H3. The summed E-state index contributed by atoms with van der Waals surface area (Å²) in [7, 11) is 0. The molecule has 5 heteroatoms. The van der Waals surface area contributed by atoms with Crippen molar-refractivity contribution in [2.75, 3.05) is 13.1 Å². The summed E-state index contributed by atoms with van der Waals surface area (Å²) < 4.78 is 1.84. The van der Waals surface area contributed by atoms with Crippen LogP contribution in [0.3, 0.4) is 0 Å². The van der Waals surface area contributed by atoms with Crippen molar-refractivity contribution in [3.63, 3.8) is 0 Å². The first-order valence-corrected chi connectivity index (χ1v) is 5.42. The number of aliphatic hydroxyl groups excluding tert-OH is 1. The molecular formula is C10H20N4O. The molecule has 1 heterocycles. The molecule has 1 aromatic rings. The zero-order valence-corrected chi connectivity index (χ0v) is 9.64. The second-order valence-corrected chi connectivity index (χ2v) is 3.88. The van der Waals surface area contributed by atoms with Crippen LogP contribution < -0.4 is 5.32 Å². The zero-order valence-electron chi connectivity index (χ0n) is 9.64. The first kappa shape index (κ1) is 12.1. The van der Waals surface area contributed by atoms with E-state index in [2.05, 4.69) is 29.2 Å². The minimum atomic E-state index is -0.397. The van der Waals surface area contributed by atoms with Crippen LogP contribution in [0.25, 0.3) is 0 Å². The average molecular weight is 212 g/mol. The highest BCUT2D eigenvalue weighted by Gasteiger charge is 2.12. The summed E-state index contributed by atoms with van der Waals surface area (Å²) in [4.78, 5) is 4.15. The molecule has 0 fully saturated rings. The Morgan fingerprint density at radius 2 is 2.27 bits per heavy atom. The number of aromatic nitrogens is 3. The predicted octanol–water partition coefficient (Wildman–Crippen LogP) is 0.372. The van der Waals surface area contributed by atoms with E-state index in [1.165, 1.54) is 6.33 Å². The minimum Gasteiger partial charge on any atom is -0.391 e. The minimum absolute atomic E-state index is 0.286. The lowest BCUT2D eigenvalue weighted by Gasteiger charge is -2.13. The van der Waals surface area contributed by atoms with Crippen LogP contribution in [0, 0.1) is 0 Å². The summed E-state index contributed by atoms with van der Waals surface area (Å²) in [6, 6.07) is 0.286. The van der Waals surface area contributed by atoms with Crippen LogP contribution in [0.15, 0.2) is 6.33 Å². The Labute approximate surface area is 90.5 Å². The van der Waals surface area contributed by atoms with Crippen molar-refractivity contribution >= 4 is 0 Å². The van der Waals surface area contributed by atoms with Crippen molar-refractivity contribution in [3.8, 4) is 0 Å². The second kappa shape index (κ2) is 5.82. The van der Waals surface area contributed by atoms with Gasteiger partial charge >= 0.3 is 0 Å². The molecule has 0 spiro atoms. The predicted molar refractivity (Wildman–Crippen MR) is 58.7 cm³/mol. The molecule has 1 unspecified atom stereocenters. The van der Waals surface area contributed by atoms with E-state index in [1.54, 1.807) is 0 Å². The quantitative estimate of drug-likeness (QED) is 0.715. The molecule has 1 atom stereocenters. The van der Waals surface area contributed by atoms with Crippen LogP contribution in [0.5, 0.6) is 0 Å². The summed E-state index contributed by atoms with van der Waals surface area (Å²) >= 11 is 0. The van der Waals surface area contributed by atoms with Crippen molar-refractivity contribution < 1.29 is 5.11 Å². The van der Waals surface area contributed by atoms with Crippen molar-refractivity contribution in [2.24, 2.45) is 0 Å². The topological polar surface area (TPSA) is 63.0 Å². The summed E-state index contributed by atoms with van der Waals surface area (Å²) in [5.74, 6) is 0.843. The molecule has 0 bridgehead atoms. The number of aliphatic hydroxyl groups is 1. The van der Waals surface area contributed by atoms with Crippen LogP contribution in [0.2, 0.25) is 0 Å². The molecule has 0 saturated heterocycles. The molecule has 1 rings (SSSR count). The van der Waals surface area contributed by atoms with Crippen LogP contribution in [0.4, 0.5) is 0 Å². The maximum absolute atomic E-state index is 9.71. The van der Waals surface area contributed by atoms with E-state index in [9.17, 15) is 5.11 Å². The molecule has 0 aromatic carbocycles. The van der Waals surface area contributed by atoms with Gasteiger partial charge in [-0.15, -0.1) is 0 Å². The lowest BCUT2D eigenvalue weighted by Crippen LogP contribution is -2.29. The molecule has 86 valence electrons. The molecule has 1 aromatic heterocycles. The number of hydrogen-bond acceptors (Lipinski definition) is 4. The molecule has 5 nitrogen and oxygen atoms in total. The molecule has 2 N–H and O–H groups in total. The van der Waals surface area contributed by atoms with Crippen LogP contribution >= 0.6 is 0 Å². The van der Waals surface area contributed by atoms with Gasteiger partial charge in [-0.2, -0.15) is 5.10 Å². The molecular weight excluding hydrogens is 192 g/mol. The highest BCUT2D eigenvalue weighted by molar-refractivity contribution is 4.89. The van der Waals surface area contributed by atoms with Gasteiger partial charge in [0.15, 0.2) is 0 Å². The van der Waals surface area contributed by atoms with E-state index in [-0.39, 0.29) is 6.04 Å². The van der Waals surface area contributed by atoms with Gasteiger partial charge in [0.2, 0.25) is 0 Å². The smallest absolute Gasteiger partial charge is 0.138 e. The highest BCUT2D eigenvalue weighted by atomic mass is 16.3. The monoisotopic (exact) mass is 212 g/mol. The van der Waals surface area contributed by atoms with E-state index in [0.717, 1.165) is 12.4 Å². The van der Waals surface area contributed by atoms with Crippen molar-refractivity contribution in [3.05, 3.63) is 12.2 Å². The van der Waals surface area contributed by atoms with E-state index >= 15 is 0 Å². The average Bonchev–Trinajstić information content (AvgIpc) is 2.62. The van der Waals surface area contributed by atoms with Gasteiger partial charge in [-0.25, -0.2) is 9.67 Å². The lowest BCUT2D eigenvalue weighted by molar-refractivity contribution is 0.168. The third kappa shape index (κ3) is 3.60. The van der Waals surface area contributed by atoms with Gasteiger partial charge in [0.05, 0.1) is 6.10 Å². The molecule has 0 saturated carbocycles. The third-order valence-electron chi connectivity index (χ3n) is 2.18. The first-order valence-electron chi connectivity index (χ1n) is 5.42. The van der Waals surface area contributed by atoms with E-state index in [4.69, 9.17) is 0 Å². The zero-order chi connectivity index (χ0) is 11.3. The van der Waals surface area contributed by atoms with E-state index in [0.29, 0.717) is 13.0 Å². The van der Waals surface area contributed by atoms with Gasteiger partial charge in [-0.1, -0.05) is 6.92 Å². The van der Waals surface area contributed by atoms with Crippen molar-refractivity contribution in [1.82, 2.24) is 20.1 Å². The maximum atomic E-state index is 9.71. The molecule has 0 amide bonds. The van der Waals surface area contributed by atoms with Crippen molar-refractivity contribution in [2.45, 2.75) is 39.3 Å². The number of nitrogens with one attached hydrogen (secondary N) is 1. The largest absolute Gasteiger partial charge is 0.391 e. The fourth-order valence-corrected chi connectivity index (χ4v) is 1.45. The number of likely N-dealkylation sites (N-methyl/N-ethyl adjacent to an activating group) is 1. The fraction of sp³-hybridized carbons (Fsp3) is 0.800. The summed E-state index contributed by atoms with van der Waals surface area (Å²) in [6.07, 6.45) is 1.69. The SMILES string of the molecule is CCNCC(O)Cc1ncnn1C(C)C. The molecule has 15 heavy (non-hydrogen) atoms. The molecule has 0 aliphatic heterocycles. The summed E-state index contributed by atoms with van der Waals surface area (Å²) in [6.45, 7) is 7.59. The van der Waals surface area contributed by atoms with Crippen LogP contribution in [0.1, 0.15) is 32.6 Å². The normalized spacial score (nSPS) is 13.4. The Balaban J connectivity index is 2.52. The Bertz CT molecular complexity index is 285. The number of rotatable bonds is 6. The van der Waals surface area contributed by atoms with Crippen LogP contribution in [-0.2, 0) is 6.42 Å². The Morgan fingerprint density at radius 3 is 2.87 bits per heavy atom. The van der Waals surface area contributed by atoms with Gasteiger partial charge in [-0.05, 0) is 20.4 Å². The first-order chi connectivity index (χ1) is 7.15. The Kier molecular flexibility index (Phi) is 4.71. The van der Waals surface area contributed by atoms with E-state index in [1.807, 2.05) is 11.6 Å². The van der Waals surface area contributed by atoms with Gasteiger partial charge in [-0.3, -0.25) is 0 Å². The maximum Gasteiger partial charge on any atom is 0.138 e. The van der Waals surface area contributed by atoms with Gasteiger partial charge in [0, 0.05) is 19.0 Å². The van der Waals surface area contributed by atoms with E-state index < -0.39 is 6.10 Å². The Morgan fingerprint density at radius 1 is 1.53 bits per heavy atom. The number of nitrogens with zero attached hydrogens (tertiary/aromatic N) is 3. The number of hydrogen-bond donors (Lipinski definition) is 2. The van der Waals surface area contributed by atoms with Crippen molar-refractivity contribution in [1.29, 1.82) is 0 Å². The lowest BCUT2D eigenvalue weighted by atomic mass is 10.2. The molecule has 0 aliphatic rings. The van der Waals surface area contributed by atoms with Gasteiger partial charge in [0.1, 0.15) is 12.2 Å². The third-order valence-corrected chi connectivity index (χ3v) is 2.18. The fourth-order valence-electron chi connectivity index (χ4n) is 1.45. The Hall–Kier alpha value is -0.940. The summed E-state index contributed by atoms with van der Waals surface area (Å²) in [5.41, 5.74) is 0. The molecule has 0 radical (unpaired) electrons. The molecule has 0 aliphatic carbocycles.